The Bertz CT molecular complexity index is 811. The molecule has 2 amide bonds. The summed E-state index contributed by atoms with van der Waals surface area (Å²) in [4.78, 5) is 15.7. The highest BCUT2D eigenvalue weighted by Gasteiger charge is 2.07. The number of carbonyl (C=O) groups is 1. The second-order valence-corrected chi connectivity index (χ2v) is 4.97. The van der Waals surface area contributed by atoms with Crippen molar-refractivity contribution in [3.63, 3.8) is 0 Å². The second kappa shape index (κ2) is 6.30. The van der Waals surface area contributed by atoms with E-state index in [4.69, 9.17) is 0 Å². The number of nitrogens with one attached hydrogen (secondary N) is 2. The van der Waals surface area contributed by atoms with E-state index in [1.807, 2.05) is 0 Å². The van der Waals surface area contributed by atoms with E-state index in [0.29, 0.717) is 16.9 Å². The van der Waals surface area contributed by atoms with Crippen LogP contribution in [-0.4, -0.2) is 25.4 Å². The molecule has 2 aromatic heterocycles. The number of aryl methyl sites for hydroxylation is 1. The van der Waals surface area contributed by atoms with Crippen molar-refractivity contribution in [2.75, 3.05) is 5.32 Å². The van der Waals surface area contributed by atoms with Crippen molar-refractivity contribution in [2.45, 2.75) is 6.54 Å². The fourth-order valence-corrected chi connectivity index (χ4v) is 2.11. The summed E-state index contributed by atoms with van der Waals surface area (Å²) in [6.45, 7) is 0.216. The van der Waals surface area contributed by atoms with E-state index in [9.17, 15) is 9.18 Å². The Kier molecular flexibility index (Phi) is 4.05. The summed E-state index contributed by atoms with van der Waals surface area (Å²) in [6.07, 6.45) is 7.99. The first kappa shape index (κ1) is 14.8. The average Bonchev–Trinajstić information content (AvgIpc) is 3.17. The summed E-state index contributed by atoms with van der Waals surface area (Å²) in [7, 11) is 1.76. The molecule has 3 aromatic rings. The molecule has 23 heavy (non-hydrogen) atoms. The normalized spacial score (nSPS) is 10.5. The lowest BCUT2D eigenvalue weighted by molar-refractivity contribution is 0.251. The molecule has 8 heteroatoms. The van der Waals surface area contributed by atoms with E-state index in [2.05, 4.69) is 20.7 Å². The van der Waals surface area contributed by atoms with Crippen molar-refractivity contribution in [1.82, 2.24) is 24.6 Å². The van der Waals surface area contributed by atoms with Gasteiger partial charge in [-0.2, -0.15) is 5.10 Å². The number of hydrogen-bond acceptors (Lipinski definition) is 3. The molecule has 0 aliphatic heterocycles. The number of hydrogen-bond donors (Lipinski definition) is 2. The molecule has 0 unspecified atom stereocenters. The molecule has 0 fully saturated rings. The molecular formula is C15H15FN6O. The van der Waals surface area contributed by atoms with Crippen LogP contribution in [-0.2, 0) is 13.6 Å². The topological polar surface area (TPSA) is 76.8 Å². The third-order valence-electron chi connectivity index (χ3n) is 3.21. The predicted octanol–water partition coefficient (Wildman–Crippen LogP) is 2.07. The van der Waals surface area contributed by atoms with Gasteiger partial charge in [-0.25, -0.2) is 14.2 Å². The zero-order valence-electron chi connectivity index (χ0n) is 12.4. The molecule has 0 radical (unpaired) electrons. The average molecular weight is 314 g/mol. The van der Waals surface area contributed by atoms with Crippen molar-refractivity contribution < 1.29 is 9.18 Å². The van der Waals surface area contributed by atoms with Crippen LogP contribution in [0.1, 0.15) is 5.56 Å². The van der Waals surface area contributed by atoms with Crippen LogP contribution >= 0.6 is 0 Å². The summed E-state index contributed by atoms with van der Waals surface area (Å²) in [5, 5.41) is 9.26. The van der Waals surface area contributed by atoms with Crippen LogP contribution in [0.2, 0.25) is 0 Å². The van der Waals surface area contributed by atoms with E-state index in [1.54, 1.807) is 53.2 Å². The molecule has 0 saturated carbocycles. The van der Waals surface area contributed by atoms with Gasteiger partial charge in [-0.15, -0.1) is 0 Å². The van der Waals surface area contributed by atoms with Crippen molar-refractivity contribution in [1.29, 1.82) is 0 Å². The summed E-state index contributed by atoms with van der Waals surface area (Å²) < 4.78 is 17.3. The minimum atomic E-state index is -0.380. The molecule has 1 aromatic carbocycles. The smallest absolute Gasteiger partial charge is 0.319 e. The predicted molar refractivity (Wildman–Crippen MR) is 82.6 cm³/mol. The number of amides is 2. The van der Waals surface area contributed by atoms with E-state index < -0.39 is 0 Å². The Morgan fingerprint density at radius 3 is 2.91 bits per heavy atom. The van der Waals surface area contributed by atoms with Gasteiger partial charge in [0.15, 0.2) is 0 Å². The molecule has 0 aliphatic carbocycles. The van der Waals surface area contributed by atoms with Gasteiger partial charge in [0.1, 0.15) is 5.82 Å². The lowest BCUT2D eigenvalue weighted by atomic mass is 10.2. The van der Waals surface area contributed by atoms with Crippen molar-refractivity contribution in [2.24, 2.45) is 7.05 Å². The van der Waals surface area contributed by atoms with Gasteiger partial charge in [-0.05, 0) is 17.7 Å². The minimum Gasteiger partial charge on any atom is -0.334 e. The summed E-state index contributed by atoms with van der Waals surface area (Å²) in [6, 6.07) is 4.41. The molecule has 2 heterocycles. The fraction of sp³-hybridized carbons (Fsp3) is 0.133. The standard InChI is InChI=1S/C15H15FN6O/c1-21-9-12(8-19-21)20-15(23)18-7-11-2-3-14(13(16)6-11)22-5-4-17-10-22/h2-6,8-10H,7H2,1H3,(H2,18,20,23). The minimum absolute atomic E-state index is 0.216. The monoisotopic (exact) mass is 314 g/mol. The number of benzene rings is 1. The Balaban J connectivity index is 1.60. The van der Waals surface area contributed by atoms with Gasteiger partial charge in [-0.3, -0.25) is 4.68 Å². The summed E-state index contributed by atoms with van der Waals surface area (Å²) in [5.41, 5.74) is 1.66. The third kappa shape index (κ3) is 3.54. The molecule has 0 aliphatic rings. The van der Waals surface area contributed by atoms with Crippen molar-refractivity contribution >= 4 is 11.7 Å². The highest BCUT2D eigenvalue weighted by molar-refractivity contribution is 5.88. The van der Waals surface area contributed by atoms with Crippen LogP contribution in [0.25, 0.3) is 5.69 Å². The maximum Gasteiger partial charge on any atom is 0.319 e. The maximum absolute atomic E-state index is 14.1. The Morgan fingerprint density at radius 1 is 1.39 bits per heavy atom. The number of rotatable bonds is 4. The van der Waals surface area contributed by atoms with Crippen LogP contribution in [0, 0.1) is 5.82 Å². The van der Waals surface area contributed by atoms with Gasteiger partial charge in [0.05, 0.1) is 23.9 Å². The highest BCUT2D eigenvalue weighted by atomic mass is 19.1. The molecule has 0 spiro atoms. The van der Waals surface area contributed by atoms with Crippen LogP contribution in [0.3, 0.4) is 0 Å². The zero-order valence-corrected chi connectivity index (χ0v) is 12.4. The lowest BCUT2D eigenvalue weighted by Crippen LogP contribution is -2.28. The SMILES string of the molecule is Cn1cc(NC(=O)NCc2ccc(-n3ccnc3)c(F)c2)cn1. The van der Waals surface area contributed by atoms with Gasteiger partial charge in [0.25, 0.3) is 0 Å². The van der Waals surface area contributed by atoms with Crippen LogP contribution in [0.4, 0.5) is 14.9 Å². The number of nitrogens with zero attached hydrogens (tertiary/aromatic N) is 4. The van der Waals surface area contributed by atoms with E-state index in [1.165, 1.54) is 12.4 Å². The largest absolute Gasteiger partial charge is 0.334 e. The molecule has 118 valence electrons. The Morgan fingerprint density at radius 2 is 2.26 bits per heavy atom. The number of carbonyl (C=O) groups excluding carboxylic acids is 1. The van der Waals surface area contributed by atoms with Gasteiger partial charge in [-0.1, -0.05) is 6.07 Å². The Hall–Kier alpha value is -3.16. The number of halogens is 1. The third-order valence-corrected chi connectivity index (χ3v) is 3.21. The first-order chi connectivity index (χ1) is 11.1. The molecule has 0 saturated heterocycles. The molecule has 0 atom stereocenters. The highest BCUT2D eigenvalue weighted by Crippen LogP contribution is 2.15. The van der Waals surface area contributed by atoms with Gasteiger partial charge in [0, 0.05) is 32.2 Å². The molecule has 2 N–H and O–H groups in total. The Labute approximate surface area is 131 Å². The molecular weight excluding hydrogens is 299 g/mol. The van der Waals surface area contributed by atoms with E-state index in [0.717, 1.165) is 0 Å². The van der Waals surface area contributed by atoms with Crippen LogP contribution in [0.5, 0.6) is 0 Å². The quantitative estimate of drug-likeness (QED) is 0.774. The van der Waals surface area contributed by atoms with Crippen molar-refractivity contribution in [3.05, 3.63) is 60.7 Å². The van der Waals surface area contributed by atoms with Crippen LogP contribution in [0.15, 0.2) is 49.3 Å². The molecule has 3 rings (SSSR count). The molecule has 7 nitrogen and oxygen atoms in total. The summed E-state index contributed by atoms with van der Waals surface area (Å²) in [5.74, 6) is -0.380. The number of imidazole rings is 1. The lowest BCUT2D eigenvalue weighted by Gasteiger charge is -2.08. The van der Waals surface area contributed by atoms with Gasteiger partial charge < -0.3 is 15.2 Å². The first-order valence-electron chi connectivity index (χ1n) is 6.92. The summed E-state index contributed by atoms with van der Waals surface area (Å²) >= 11 is 0. The maximum atomic E-state index is 14.1. The number of urea groups is 1. The van der Waals surface area contributed by atoms with Gasteiger partial charge in [0.2, 0.25) is 0 Å². The van der Waals surface area contributed by atoms with Crippen molar-refractivity contribution in [3.8, 4) is 5.69 Å². The zero-order chi connectivity index (χ0) is 16.2. The van der Waals surface area contributed by atoms with E-state index >= 15 is 0 Å². The van der Waals surface area contributed by atoms with E-state index in [-0.39, 0.29) is 18.4 Å². The second-order valence-electron chi connectivity index (χ2n) is 4.97. The fourth-order valence-electron chi connectivity index (χ4n) is 2.11. The van der Waals surface area contributed by atoms with Gasteiger partial charge >= 0.3 is 6.03 Å². The first-order valence-corrected chi connectivity index (χ1v) is 6.92. The number of anilines is 1. The van der Waals surface area contributed by atoms with Crippen LogP contribution < -0.4 is 10.6 Å². The number of aromatic nitrogens is 4. The molecule has 0 bridgehead atoms.